The first-order valence-electron chi connectivity index (χ1n) is 8.84. The van der Waals surface area contributed by atoms with Gasteiger partial charge in [-0.25, -0.2) is 16.8 Å². The van der Waals surface area contributed by atoms with Gasteiger partial charge in [0.2, 0.25) is 10.0 Å². The quantitative estimate of drug-likeness (QED) is 0.705. The van der Waals surface area contributed by atoms with Gasteiger partial charge < -0.3 is 9.64 Å². The minimum atomic E-state index is -3.66. The van der Waals surface area contributed by atoms with Crippen molar-refractivity contribution < 1.29 is 26.4 Å². The molecule has 10 heteroatoms. The summed E-state index contributed by atoms with van der Waals surface area (Å²) in [5.74, 6) is -0.375. The number of sulfone groups is 1. The number of sulfonamides is 1. The number of hydrogen-bond donors (Lipinski definition) is 0. The van der Waals surface area contributed by atoms with Crippen molar-refractivity contribution >= 4 is 25.8 Å². The summed E-state index contributed by atoms with van der Waals surface area (Å²) in [5, 5.41) is 0. The van der Waals surface area contributed by atoms with Crippen LogP contribution in [0.2, 0.25) is 0 Å². The fraction of sp³-hybridized carbons (Fsp3) is 0.588. The highest BCUT2D eigenvalue weighted by Crippen LogP contribution is 2.22. The SMILES string of the molecule is CC1CN(S(=O)(=O)c2ccc(C(=O)N3CCS(=O)(=O)CC3)cc2)CC(C)O1. The predicted molar refractivity (Wildman–Crippen MR) is 99.8 cm³/mol. The molecule has 1 aromatic carbocycles. The van der Waals surface area contributed by atoms with Crippen LogP contribution in [0.4, 0.5) is 0 Å². The van der Waals surface area contributed by atoms with E-state index < -0.39 is 19.9 Å². The highest BCUT2D eigenvalue weighted by molar-refractivity contribution is 7.91. The van der Waals surface area contributed by atoms with Crippen LogP contribution < -0.4 is 0 Å². The maximum atomic E-state index is 12.8. The summed E-state index contributed by atoms with van der Waals surface area (Å²) in [6.07, 6.45) is -0.362. The summed E-state index contributed by atoms with van der Waals surface area (Å²) in [5.41, 5.74) is 0.344. The van der Waals surface area contributed by atoms with E-state index in [4.69, 9.17) is 4.74 Å². The van der Waals surface area contributed by atoms with E-state index in [0.717, 1.165) is 0 Å². The van der Waals surface area contributed by atoms with Crippen LogP contribution in [0.5, 0.6) is 0 Å². The summed E-state index contributed by atoms with van der Waals surface area (Å²) in [6, 6.07) is 5.80. The Balaban J connectivity index is 1.74. The van der Waals surface area contributed by atoms with E-state index >= 15 is 0 Å². The minimum absolute atomic E-state index is 0.0431. The van der Waals surface area contributed by atoms with Crippen LogP contribution in [0.1, 0.15) is 24.2 Å². The van der Waals surface area contributed by atoms with Crippen LogP contribution in [-0.2, 0) is 24.6 Å². The molecule has 0 aromatic heterocycles. The van der Waals surface area contributed by atoms with Crippen LogP contribution in [0.15, 0.2) is 29.2 Å². The van der Waals surface area contributed by atoms with E-state index in [9.17, 15) is 21.6 Å². The largest absolute Gasteiger partial charge is 0.373 e. The molecule has 2 atom stereocenters. The molecule has 0 radical (unpaired) electrons. The normalized spacial score (nSPS) is 26.7. The molecule has 2 aliphatic rings. The smallest absolute Gasteiger partial charge is 0.253 e. The van der Waals surface area contributed by atoms with Gasteiger partial charge in [-0.3, -0.25) is 4.79 Å². The Labute approximate surface area is 160 Å². The van der Waals surface area contributed by atoms with Gasteiger partial charge in [-0.05, 0) is 38.1 Å². The second kappa shape index (κ2) is 7.50. The molecule has 0 spiro atoms. The lowest BCUT2D eigenvalue weighted by Gasteiger charge is -2.34. The molecule has 1 amide bonds. The lowest BCUT2D eigenvalue weighted by Crippen LogP contribution is -2.48. The van der Waals surface area contributed by atoms with Crippen LogP contribution in [0.25, 0.3) is 0 Å². The van der Waals surface area contributed by atoms with Gasteiger partial charge in [-0.1, -0.05) is 0 Å². The van der Waals surface area contributed by atoms with Crippen molar-refractivity contribution in [3.63, 3.8) is 0 Å². The Hall–Kier alpha value is -1.49. The molecule has 0 N–H and O–H groups in total. The van der Waals surface area contributed by atoms with Crippen LogP contribution in [-0.4, -0.2) is 81.8 Å². The van der Waals surface area contributed by atoms with Crippen molar-refractivity contribution in [1.82, 2.24) is 9.21 Å². The number of ether oxygens (including phenoxy) is 1. The number of benzene rings is 1. The number of carbonyl (C=O) groups excluding carboxylic acids is 1. The maximum absolute atomic E-state index is 12.8. The molecule has 0 aliphatic carbocycles. The summed E-state index contributed by atoms with van der Waals surface area (Å²) in [6.45, 7) is 4.55. The van der Waals surface area contributed by atoms with E-state index in [-0.39, 0.29) is 60.7 Å². The number of morpholine rings is 1. The van der Waals surface area contributed by atoms with Crippen LogP contribution >= 0.6 is 0 Å². The Kier molecular flexibility index (Phi) is 5.62. The third-order valence-corrected chi connectivity index (χ3v) is 8.21. The van der Waals surface area contributed by atoms with Gasteiger partial charge in [0.05, 0.1) is 28.6 Å². The molecular formula is C17H24N2O6S2. The van der Waals surface area contributed by atoms with E-state index in [2.05, 4.69) is 0 Å². The number of hydrogen-bond acceptors (Lipinski definition) is 6. The second-order valence-electron chi connectivity index (χ2n) is 7.05. The predicted octanol–water partition coefficient (Wildman–Crippen LogP) is 0.355. The van der Waals surface area contributed by atoms with Crippen molar-refractivity contribution in [2.45, 2.75) is 31.0 Å². The number of rotatable bonds is 3. The van der Waals surface area contributed by atoms with E-state index in [0.29, 0.717) is 5.56 Å². The molecule has 2 fully saturated rings. The Bertz CT molecular complexity index is 887. The Morgan fingerprint density at radius 1 is 1.04 bits per heavy atom. The van der Waals surface area contributed by atoms with Gasteiger partial charge in [0.25, 0.3) is 5.91 Å². The molecule has 0 bridgehead atoms. The fourth-order valence-corrected chi connectivity index (χ4v) is 6.14. The topological polar surface area (TPSA) is 101 Å². The molecule has 8 nitrogen and oxygen atoms in total. The first-order valence-corrected chi connectivity index (χ1v) is 12.1. The summed E-state index contributed by atoms with van der Waals surface area (Å²) in [7, 11) is -6.73. The Morgan fingerprint density at radius 3 is 2.07 bits per heavy atom. The lowest BCUT2D eigenvalue weighted by atomic mass is 10.2. The van der Waals surface area contributed by atoms with Gasteiger partial charge >= 0.3 is 0 Å². The molecule has 2 heterocycles. The van der Waals surface area contributed by atoms with E-state index in [1.54, 1.807) is 0 Å². The highest BCUT2D eigenvalue weighted by Gasteiger charge is 2.32. The molecule has 1 aromatic rings. The molecule has 27 heavy (non-hydrogen) atoms. The number of amides is 1. The molecule has 2 aliphatic heterocycles. The van der Waals surface area contributed by atoms with E-state index in [1.165, 1.54) is 33.5 Å². The van der Waals surface area contributed by atoms with Crippen LogP contribution in [0, 0.1) is 0 Å². The fourth-order valence-electron chi connectivity index (χ4n) is 3.34. The molecule has 2 unspecified atom stereocenters. The molecule has 0 saturated carbocycles. The summed E-state index contributed by atoms with van der Waals surface area (Å²) < 4.78 is 55.6. The summed E-state index contributed by atoms with van der Waals surface area (Å²) in [4.78, 5) is 14.1. The first-order chi connectivity index (χ1) is 12.6. The van der Waals surface area contributed by atoms with Gasteiger partial charge in [0.1, 0.15) is 0 Å². The highest BCUT2D eigenvalue weighted by atomic mass is 32.2. The first kappa shape index (κ1) is 20.2. The maximum Gasteiger partial charge on any atom is 0.253 e. The van der Waals surface area contributed by atoms with Crippen molar-refractivity contribution in [2.24, 2.45) is 0 Å². The minimum Gasteiger partial charge on any atom is -0.373 e. The summed E-state index contributed by atoms with van der Waals surface area (Å²) >= 11 is 0. The zero-order valence-corrected chi connectivity index (χ0v) is 17.0. The lowest BCUT2D eigenvalue weighted by molar-refractivity contribution is -0.0440. The van der Waals surface area contributed by atoms with Crippen molar-refractivity contribution in [2.75, 3.05) is 37.7 Å². The van der Waals surface area contributed by atoms with Crippen molar-refractivity contribution in [3.8, 4) is 0 Å². The monoisotopic (exact) mass is 416 g/mol. The van der Waals surface area contributed by atoms with E-state index in [1.807, 2.05) is 13.8 Å². The average molecular weight is 417 g/mol. The Morgan fingerprint density at radius 2 is 1.56 bits per heavy atom. The number of nitrogens with zero attached hydrogens (tertiary/aromatic N) is 2. The molecule has 2 saturated heterocycles. The average Bonchev–Trinajstić information content (AvgIpc) is 2.60. The third-order valence-electron chi connectivity index (χ3n) is 4.76. The standard InChI is InChI=1S/C17H24N2O6S2/c1-13-11-19(12-14(2)25-13)27(23,24)16-5-3-15(4-6-16)17(20)18-7-9-26(21,22)10-8-18/h3-6,13-14H,7-12H2,1-2H3. The molecule has 3 rings (SSSR count). The zero-order valence-electron chi connectivity index (χ0n) is 15.4. The van der Waals surface area contributed by atoms with Gasteiger partial charge in [0.15, 0.2) is 9.84 Å². The second-order valence-corrected chi connectivity index (χ2v) is 11.3. The van der Waals surface area contributed by atoms with Gasteiger partial charge in [-0.2, -0.15) is 4.31 Å². The van der Waals surface area contributed by atoms with Gasteiger partial charge in [-0.15, -0.1) is 0 Å². The van der Waals surface area contributed by atoms with Crippen molar-refractivity contribution in [3.05, 3.63) is 29.8 Å². The number of carbonyl (C=O) groups is 1. The van der Waals surface area contributed by atoms with Crippen molar-refractivity contribution in [1.29, 1.82) is 0 Å². The van der Waals surface area contributed by atoms with Gasteiger partial charge in [0, 0.05) is 31.7 Å². The third kappa shape index (κ3) is 4.50. The molecular weight excluding hydrogens is 392 g/mol. The zero-order chi connectivity index (χ0) is 19.8. The molecule has 150 valence electrons. The van der Waals surface area contributed by atoms with Crippen LogP contribution in [0.3, 0.4) is 0 Å².